The molecule has 2 aromatic rings. The number of pyridine rings is 1. The van der Waals surface area contributed by atoms with Crippen molar-refractivity contribution in [3.8, 4) is 11.5 Å². The van der Waals surface area contributed by atoms with E-state index < -0.39 is 0 Å². The third kappa shape index (κ3) is 3.05. The zero-order chi connectivity index (χ0) is 15.4. The van der Waals surface area contributed by atoms with Crippen LogP contribution in [-0.4, -0.2) is 24.7 Å². The molecule has 1 aromatic carbocycles. The number of nitrogens with one attached hydrogen (secondary N) is 1. The number of carbonyl (C=O) groups is 1. The molecular weight excluding hydrogens is 272 g/mol. The summed E-state index contributed by atoms with van der Waals surface area (Å²) < 4.78 is 11.8. The van der Waals surface area contributed by atoms with Gasteiger partial charge in [0.1, 0.15) is 17.1 Å². The van der Waals surface area contributed by atoms with Gasteiger partial charge in [-0.3, -0.25) is 9.59 Å². The quantitative estimate of drug-likeness (QED) is 0.929. The van der Waals surface area contributed by atoms with E-state index in [1.54, 1.807) is 37.5 Å². The lowest BCUT2D eigenvalue weighted by atomic mass is 10.1. The fourth-order valence-corrected chi connectivity index (χ4v) is 1.94. The summed E-state index contributed by atoms with van der Waals surface area (Å²) in [6, 6.07) is 8.02. The van der Waals surface area contributed by atoms with Crippen LogP contribution in [0.5, 0.6) is 11.5 Å². The largest absolute Gasteiger partial charge is 0.496 e. The van der Waals surface area contributed by atoms with E-state index in [0.29, 0.717) is 22.7 Å². The monoisotopic (exact) mass is 288 g/mol. The van der Waals surface area contributed by atoms with Crippen LogP contribution in [0.3, 0.4) is 0 Å². The molecule has 2 rings (SSSR count). The molecule has 0 aliphatic carbocycles. The van der Waals surface area contributed by atoms with Gasteiger partial charge in [-0.05, 0) is 18.2 Å². The standard InChI is InChI=1S/C15H16N2O4/c1-17-9-10(7-8-13(17)18)16-15(19)14-11(20-2)5-4-6-12(14)21-3/h4-9H,1-3H3,(H,16,19). The van der Waals surface area contributed by atoms with E-state index in [2.05, 4.69) is 5.32 Å². The summed E-state index contributed by atoms with van der Waals surface area (Å²) in [5.41, 5.74) is 0.661. The van der Waals surface area contributed by atoms with E-state index in [0.717, 1.165) is 0 Å². The number of rotatable bonds is 4. The SMILES string of the molecule is COc1cccc(OC)c1C(=O)Nc1ccc(=O)n(C)c1. The molecule has 1 heterocycles. The van der Waals surface area contributed by atoms with Crippen LogP contribution >= 0.6 is 0 Å². The minimum Gasteiger partial charge on any atom is -0.496 e. The van der Waals surface area contributed by atoms with E-state index >= 15 is 0 Å². The van der Waals surface area contributed by atoms with Crippen LogP contribution in [0.1, 0.15) is 10.4 Å². The predicted molar refractivity (Wildman–Crippen MR) is 79.2 cm³/mol. The van der Waals surface area contributed by atoms with Crippen molar-refractivity contribution in [3.05, 3.63) is 52.4 Å². The minimum atomic E-state index is -0.372. The van der Waals surface area contributed by atoms with Crippen LogP contribution in [0, 0.1) is 0 Å². The molecule has 0 spiro atoms. The van der Waals surface area contributed by atoms with Gasteiger partial charge in [-0.2, -0.15) is 0 Å². The molecule has 0 unspecified atom stereocenters. The van der Waals surface area contributed by atoms with Crippen molar-refractivity contribution in [1.29, 1.82) is 0 Å². The van der Waals surface area contributed by atoms with Crippen LogP contribution in [0.15, 0.2) is 41.3 Å². The van der Waals surface area contributed by atoms with E-state index in [4.69, 9.17) is 9.47 Å². The molecule has 21 heavy (non-hydrogen) atoms. The first kappa shape index (κ1) is 14.6. The number of aryl methyl sites for hydroxylation is 1. The lowest BCUT2D eigenvalue weighted by molar-refractivity contribution is 0.102. The van der Waals surface area contributed by atoms with Gasteiger partial charge in [0.15, 0.2) is 0 Å². The topological polar surface area (TPSA) is 69.6 Å². The molecule has 0 saturated heterocycles. The van der Waals surface area contributed by atoms with E-state index in [-0.39, 0.29) is 11.5 Å². The Morgan fingerprint density at radius 1 is 1.10 bits per heavy atom. The lowest BCUT2D eigenvalue weighted by Crippen LogP contribution is -2.18. The van der Waals surface area contributed by atoms with Crippen molar-refractivity contribution in [2.75, 3.05) is 19.5 Å². The van der Waals surface area contributed by atoms with Gasteiger partial charge in [-0.15, -0.1) is 0 Å². The van der Waals surface area contributed by atoms with Gasteiger partial charge in [0.05, 0.1) is 19.9 Å². The number of methoxy groups -OCH3 is 2. The molecule has 1 aromatic heterocycles. The lowest BCUT2D eigenvalue weighted by Gasteiger charge is -2.13. The molecule has 0 aliphatic heterocycles. The number of hydrogen-bond acceptors (Lipinski definition) is 4. The number of hydrogen-bond donors (Lipinski definition) is 1. The third-order valence-corrected chi connectivity index (χ3v) is 3.00. The number of aromatic nitrogens is 1. The van der Waals surface area contributed by atoms with E-state index in [1.165, 1.54) is 24.9 Å². The van der Waals surface area contributed by atoms with E-state index in [1.807, 2.05) is 0 Å². The van der Waals surface area contributed by atoms with Gasteiger partial charge in [-0.1, -0.05) is 6.07 Å². The van der Waals surface area contributed by atoms with Crippen LogP contribution in [0.4, 0.5) is 5.69 Å². The number of amides is 1. The second-order valence-electron chi connectivity index (χ2n) is 4.36. The number of anilines is 1. The maximum atomic E-state index is 12.4. The van der Waals surface area contributed by atoms with Crippen LogP contribution in [0.2, 0.25) is 0 Å². The number of benzene rings is 1. The van der Waals surface area contributed by atoms with Gasteiger partial charge in [0.2, 0.25) is 5.56 Å². The summed E-state index contributed by atoms with van der Waals surface area (Å²) in [5, 5.41) is 2.72. The van der Waals surface area contributed by atoms with Crippen LogP contribution in [0.25, 0.3) is 0 Å². The first-order valence-electron chi connectivity index (χ1n) is 6.26. The molecule has 6 nitrogen and oxygen atoms in total. The van der Waals surface area contributed by atoms with Crippen molar-refractivity contribution in [1.82, 2.24) is 4.57 Å². The van der Waals surface area contributed by atoms with Gasteiger partial charge in [0, 0.05) is 19.3 Å². The van der Waals surface area contributed by atoms with Gasteiger partial charge in [0.25, 0.3) is 5.91 Å². The first-order chi connectivity index (χ1) is 10.1. The fraction of sp³-hybridized carbons (Fsp3) is 0.200. The highest BCUT2D eigenvalue weighted by Crippen LogP contribution is 2.28. The normalized spacial score (nSPS) is 10.0. The van der Waals surface area contributed by atoms with Gasteiger partial charge in [-0.25, -0.2) is 0 Å². The average molecular weight is 288 g/mol. The average Bonchev–Trinajstić information content (AvgIpc) is 2.49. The molecule has 110 valence electrons. The highest BCUT2D eigenvalue weighted by molar-refractivity contribution is 6.08. The smallest absolute Gasteiger partial charge is 0.263 e. The van der Waals surface area contributed by atoms with Crippen molar-refractivity contribution < 1.29 is 14.3 Å². The Kier molecular flexibility index (Phi) is 4.27. The summed E-state index contributed by atoms with van der Waals surface area (Å²) in [5.74, 6) is 0.455. The summed E-state index contributed by atoms with van der Waals surface area (Å²) >= 11 is 0. The maximum Gasteiger partial charge on any atom is 0.263 e. The summed E-state index contributed by atoms with van der Waals surface area (Å²) in [6.45, 7) is 0. The van der Waals surface area contributed by atoms with Crippen molar-refractivity contribution in [3.63, 3.8) is 0 Å². The highest BCUT2D eigenvalue weighted by Gasteiger charge is 2.18. The predicted octanol–water partition coefficient (Wildman–Crippen LogP) is 1.65. The zero-order valence-corrected chi connectivity index (χ0v) is 12.0. The summed E-state index contributed by atoms with van der Waals surface area (Å²) in [6.07, 6.45) is 1.54. The molecule has 0 saturated carbocycles. The Hall–Kier alpha value is -2.76. The van der Waals surface area contributed by atoms with Gasteiger partial charge < -0.3 is 19.4 Å². The molecule has 0 bridgehead atoms. The van der Waals surface area contributed by atoms with Crippen LogP contribution in [-0.2, 0) is 7.05 Å². The molecule has 6 heteroatoms. The fourth-order valence-electron chi connectivity index (χ4n) is 1.94. The summed E-state index contributed by atoms with van der Waals surface area (Å²) in [4.78, 5) is 23.7. The first-order valence-corrected chi connectivity index (χ1v) is 6.26. The second-order valence-corrected chi connectivity index (χ2v) is 4.36. The Labute approximate surface area is 121 Å². The number of ether oxygens (including phenoxy) is 2. The van der Waals surface area contributed by atoms with Crippen molar-refractivity contribution >= 4 is 11.6 Å². The molecule has 0 atom stereocenters. The minimum absolute atomic E-state index is 0.150. The molecule has 0 fully saturated rings. The van der Waals surface area contributed by atoms with Crippen LogP contribution < -0.4 is 20.3 Å². The summed E-state index contributed by atoms with van der Waals surface area (Å²) in [7, 11) is 4.58. The molecule has 0 aliphatic rings. The number of carbonyl (C=O) groups excluding carboxylic acids is 1. The Morgan fingerprint density at radius 2 is 1.71 bits per heavy atom. The Morgan fingerprint density at radius 3 is 2.24 bits per heavy atom. The van der Waals surface area contributed by atoms with E-state index in [9.17, 15) is 9.59 Å². The zero-order valence-electron chi connectivity index (χ0n) is 12.0. The number of nitrogens with zero attached hydrogens (tertiary/aromatic N) is 1. The second kappa shape index (κ2) is 6.13. The highest BCUT2D eigenvalue weighted by atomic mass is 16.5. The van der Waals surface area contributed by atoms with Crippen molar-refractivity contribution in [2.24, 2.45) is 7.05 Å². The molecule has 1 N–H and O–H groups in total. The molecular formula is C15H16N2O4. The Balaban J connectivity index is 2.36. The maximum absolute atomic E-state index is 12.4. The van der Waals surface area contributed by atoms with Gasteiger partial charge >= 0.3 is 0 Å². The van der Waals surface area contributed by atoms with Crippen molar-refractivity contribution in [2.45, 2.75) is 0 Å². The molecule has 0 radical (unpaired) electrons. The third-order valence-electron chi connectivity index (χ3n) is 3.00. The Bertz CT molecular complexity index is 700. The molecule has 1 amide bonds.